The van der Waals surface area contributed by atoms with E-state index in [0.717, 1.165) is 23.6 Å². The quantitative estimate of drug-likeness (QED) is 0.856. The molecule has 2 aromatic carbocycles. The zero-order valence-electron chi connectivity index (χ0n) is 12.0. The third-order valence-electron chi connectivity index (χ3n) is 3.42. The average Bonchev–Trinajstić information content (AvgIpc) is 2.49. The molecule has 4 nitrogen and oxygen atoms in total. The van der Waals surface area contributed by atoms with Gasteiger partial charge in [0, 0.05) is 6.42 Å². The number of carboxylic acids is 1. The van der Waals surface area contributed by atoms with Crippen LogP contribution in [0.15, 0.2) is 42.5 Å². The first-order valence-electron chi connectivity index (χ1n) is 7.12. The van der Waals surface area contributed by atoms with Gasteiger partial charge in [0.15, 0.2) is 6.04 Å². The van der Waals surface area contributed by atoms with Gasteiger partial charge in [0.25, 0.3) is 0 Å². The number of hydrogen-bond acceptors (Lipinski definition) is 2. The normalized spacial score (nSPS) is 12.0. The van der Waals surface area contributed by atoms with E-state index < -0.39 is 12.0 Å². The van der Waals surface area contributed by atoms with Crippen LogP contribution in [0.5, 0.6) is 0 Å². The lowest BCUT2D eigenvalue weighted by Gasteiger charge is -2.15. The molecule has 21 heavy (non-hydrogen) atoms. The molecule has 2 rings (SSSR count). The first-order chi connectivity index (χ1) is 10.1. The van der Waals surface area contributed by atoms with E-state index in [1.165, 1.54) is 0 Å². The Morgan fingerprint density at radius 3 is 2.52 bits per heavy atom. The molecule has 110 valence electrons. The van der Waals surface area contributed by atoms with Gasteiger partial charge in [0.05, 0.1) is 0 Å². The van der Waals surface area contributed by atoms with E-state index in [2.05, 4.69) is 5.32 Å². The largest absolute Gasteiger partial charge is 0.479 e. The van der Waals surface area contributed by atoms with Crippen molar-refractivity contribution in [3.05, 3.63) is 48.0 Å². The van der Waals surface area contributed by atoms with Crippen molar-refractivity contribution in [2.45, 2.75) is 32.2 Å². The maximum Gasteiger partial charge on any atom is 0.330 e. The summed E-state index contributed by atoms with van der Waals surface area (Å²) in [7, 11) is 0. The van der Waals surface area contributed by atoms with E-state index >= 15 is 0 Å². The van der Waals surface area contributed by atoms with Crippen LogP contribution in [0.4, 0.5) is 0 Å². The van der Waals surface area contributed by atoms with Crippen LogP contribution in [-0.2, 0) is 9.59 Å². The highest BCUT2D eigenvalue weighted by molar-refractivity contribution is 5.88. The predicted molar refractivity (Wildman–Crippen MR) is 82.0 cm³/mol. The number of aliphatic carboxylic acids is 1. The fraction of sp³-hybridized carbons (Fsp3) is 0.294. The van der Waals surface area contributed by atoms with Crippen molar-refractivity contribution < 1.29 is 14.7 Å². The fourth-order valence-electron chi connectivity index (χ4n) is 2.25. The van der Waals surface area contributed by atoms with Crippen molar-refractivity contribution in [1.29, 1.82) is 0 Å². The van der Waals surface area contributed by atoms with Crippen molar-refractivity contribution in [3.63, 3.8) is 0 Å². The van der Waals surface area contributed by atoms with E-state index in [9.17, 15) is 14.7 Å². The SMILES string of the molecule is CCCCC(=O)NC(C(=O)O)c1ccc2ccccc2c1. The summed E-state index contributed by atoms with van der Waals surface area (Å²) in [6.45, 7) is 1.99. The number of amides is 1. The summed E-state index contributed by atoms with van der Waals surface area (Å²) in [5, 5.41) is 14.0. The standard InChI is InChI=1S/C17H19NO3/c1-2-3-8-15(19)18-16(17(20)21)14-10-9-12-6-4-5-7-13(12)11-14/h4-7,9-11,16H,2-3,8H2,1H3,(H,18,19)(H,20,21). The number of unbranched alkanes of at least 4 members (excludes halogenated alkanes) is 1. The molecule has 1 atom stereocenters. The summed E-state index contributed by atoms with van der Waals surface area (Å²) in [5.41, 5.74) is 0.589. The van der Waals surface area contributed by atoms with E-state index in [1.54, 1.807) is 6.07 Å². The van der Waals surface area contributed by atoms with Gasteiger partial charge in [-0.15, -0.1) is 0 Å². The molecule has 2 aromatic rings. The van der Waals surface area contributed by atoms with Crippen molar-refractivity contribution in [1.82, 2.24) is 5.32 Å². The third kappa shape index (κ3) is 3.81. The number of fused-ring (bicyclic) bond motifs is 1. The summed E-state index contributed by atoms with van der Waals surface area (Å²) < 4.78 is 0. The number of nitrogens with one attached hydrogen (secondary N) is 1. The Bertz CT molecular complexity index is 651. The number of carbonyl (C=O) groups excluding carboxylic acids is 1. The lowest BCUT2D eigenvalue weighted by molar-refractivity contribution is -0.142. The van der Waals surface area contributed by atoms with Crippen LogP contribution in [0.1, 0.15) is 37.8 Å². The second kappa shape index (κ2) is 6.88. The first kappa shape index (κ1) is 15.0. The second-order valence-corrected chi connectivity index (χ2v) is 5.05. The molecule has 0 saturated heterocycles. The van der Waals surface area contributed by atoms with Crippen LogP contribution < -0.4 is 5.32 Å². The van der Waals surface area contributed by atoms with Crippen molar-refractivity contribution in [2.75, 3.05) is 0 Å². The summed E-state index contributed by atoms with van der Waals surface area (Å²) in [6.07, 6.45) is 2.02. The maximum absolute atomic E-state index is 11.8. The van der Waals surface area contributed by atoms with Gasteiger partial charge in [-0.3, -0.25) is 4.79 Å². The zero-order chi connectivity index (χ0) is 15.2. The van der Waals surface area contributed by atoms with Gasteiger partial charge in [-0.1, -0.05) is 49.7 Å². The van der Waals surface area contributed by atoms with E-state index in [0.29, 0.717) is 12.0 Å². The summed E-state index contributed by atoms with van der Waals surface area (Å²) in [4.78, 5) is 23.2. The molecule has 0 radical (unpaired) electrons. The molecule has 0 aliphatic carbocycles. The second-order valence-electron chi connectivity index (χ2n) is 5.05. The number of benzene rings is 2. The topological polar surface area (TPSA) is 66.4 Å². The minimum absolute atomic E-state index is 0.225. The van der Waals surface area contributed by atoms with Gasteiger partial charge in [0.1, 0.15) is 0 Å². The highest BCUT2D eigenvalue weighted by atomic mass is 16.4. The molecule has 0 bridgehead atoms. The number of hydrogen-bond donors (Lipinski definition) is 2. The first-order valence-corrected chi connectivity index (χ1v) is 7.12. The number of carbonyl (C=O) groups is 2. The zero-order valence-corrected chi connectivity index (χ0v) is 12.0. The molecule has 0 saturated carbocycles. The molecular formula is C17H19NO3. The van der Waals surface area contributed by atoms with Crippen molar-refractivity contribution >= 4 is 22.6 Å². The molecule has 0 heterocycles. The predicted octanol–water partition coefficient (Wildman–Crippen LogP) is 3.27. The summed E-state index contributed by atoms with van der Waals surface area (Å²) in [5.74, 6) is -1.27. The highest BCUT2D eigenvalue weighted by Gasteiger charge is 2.21. The molecule has 2 N–H and O–H groups in total. The van der Waals surface area contributed by atoms with Gasteiger partial charge in [-0.25, -0.2) is 4.79 Å². The molecule has 0 fully saturated rings. The molecule has 0 aliphatic heterocycles. The Kier molecular flexibility index (Phi) is 4.93. The molecule has 1 amide bonds. The van der Waals surface area contributed by atoms with E-state index in [1.807, 2.05) is 43.3 Å². The average molecular weight is 285 g/mol. The van der Waals surface area contributed by atoms with E-state index in [4.69, 9.17) is 0 Å². The maximum atomic E-state index is 11.8. The van der Waals surface area contributed by atoms with E-state index in [-0.39, 0.29) is 5.91 Å². The van der Waals surface area contributed by atoms with Gasteiger partial charge < -0.3 is 10.4 Å². The van der Waals surface area contributed by atoms with Gasteiger partial charge in [0.2, 0.25) is 5.91 Å². The highest BCUT2D eigenvalue weighted by Crippen LogP contribution is 2.21. The number of rotatable bonds is 6. The lowest BCUT2D eigenvalue weighted by Crippen LogP contribution is -2.33. The van der Waals surface area contributed by atoms with Crippen LogP contribution in [-0.4, -0.2) is 17.0 Å². The minimum atomic E-state index is -1.05. The lowest BCUT2D eigenvalue weighted by atomic mass is 10.0. The Hall–Kier alpha value is -2.36. The summed E-state index contributed by atoms with van der Waals surface area (Å²) >= 11 is 0. The number of carboxylic acid groups (broad SMARTS) is 1. The Balaban J connectivity index is 2.23. The Morgan fingerprint density at radius 1 is 1.14 bits per heavy atom. The van der Waals surface area contributed by atoms with Crippen LogP contribution in [0.3, 0.4) is 0 Å². The monoisotopic (exact) mass is 285 g/mol. The van der Waals surface area contributed by atoms with Crippen molar-refractivity contribution in [2.24, 2.45) is 0 Å². The van der Waals surface area contributed by atoms with Gasteiger partial charge >= 0.3 is 5.97 Å². The van der Waals surface area contributed by atoms with Crippen LogP contribution in [0.25, 0.3) is 10.8 Å². The smallest absolute Gasteiger partial charge is 0.330 e. The molecule has 0 aliphatic rings. The Labute approximate surface area is 123 Å². The van der Waals surface area contributed by atoms with Crippen LogP contribution in [0.2, 0.25) is 0 Å². The van der Waals surface area contributed by atoms with Crippen molar-refractivity contribution in [3.8, 4) is 0 Å². The molecule has 1 unspecified atom stereocenters. The van der Waals surface area contributed by atoms with Crippen LogP contribution >= 0.6 is 0 Å². The fourth-order valence-corrected chi connectivity index (χ4v) is 2.25. The summed E-state index contributed by atoms with van der Waals surface area (Å²) in [6, 6.07) is 12.2. The minimum Gasteiger partial charge on any atom is -0.479 e. The molecule has 0 aromatic heterocycles. The van der Waals surface area contributed by atoms with Gasteiger partial charge in [-0.05, 0) is 28.8 Å². The molecular weight excluding hydrogens is 266 g/mol. The molecule has 4 heteroatoms. The third-order valence-corrected chi connectivity index (χ3v) is 3.42. The molecule has 0 spiro atoms. The Morgan fingerprint density at radius 2 is 1.86 bits per heavy atom. The van der Waals surface area contributed by atoms with Crippen LogP contribution in [0, 0.1) is 0 Å². The van der Waals surface area contributed by atoms with Gasteiger partial charge in [-0.2, -0.15) is 0 Å².